The normalized spacial score (nSPS) is 10.4. The number of aromatic nitrogens is 1. The molecule has 0 bridgehead atoms. The van der Waals surface area contributed by atoms with E-state index in [1.165, 1.54) is 12.1 Å². The first kappa shape index (κ1) is 18.1. The highest BCUT2D eigenvalue weighted by Crippen LogP contribution is 2.24. The van der Waals surface area contributed by atoms with Gasteiger partial charge in [0.15, 0.2) is 5.76 Å². The number of methoxy groups -OCH3 is 1. The smallest absolute Gasteiger partial charge is 0.271 e. The summed E-state index contributed by atoms with van der Waals surface area (Å²) >= 11 is 0. The monoisotopic (exact) mass is 367 g/mol. The number of carbonyl (C=O) groups excluding carboxylic acids is 1. The van der Waals surface area contributed by atoms with Crippen LogP contribution in [0.4, 0.5) is 11.4 Å². The maximum atomic E-state index is 12.3. The van der Waals surface area contributed by atoms with Gasteiger partial charge in [0.05, 0.1) is 29.8 Å². The highest BCUT2D eigenvalue weighted by Gasteiger charge is 2.14. The lowest BCUT2D eigenvalue weighted by molar-refractivity contribution is -0.384. The number of carbonyl (C=O) groups is 1. The van der Waals surface area contributed by atoms with Gasteiger partial charge in [-0.15, -0.1) is 0 Å². The molecule has 3 rings (SSSR count). The molecule has 0 unspecified atom stereocenters. The topological polar surface area (TPSA) is 108 Å². The van der Waals surface area contributed by atoms with E-state index in [9.17, 15) is 14.9 Å². The maximum Gasteiger partial charge on any atom is 0.271 e. The van der Waals surface area contributed by atoms with Gasteiger partial charge < -0.3 is 14.6 Å². The molecule has 0 saturated carbocycles. The second-order valence-corrected chi connectivity index (χ2v) is 5.89. The van der Waals surface area contributed by atoms with Crippen molar-refractivity contribution in [2.45, 2.75) is 13.3 Å². The van der Waals surface area contributed by atoms with Crippen LogP contribution in [0.2, 0.25) is 0 Å². The van der Waals surface area contributed by atoms with Gasteiger partial charge in [-0.25, -0.2) is 0 Å². The van der Waals surface area contributed by atoms with E-state index in [1.54, 1.807) is 38.3 Å². The quantitative estimate of drug-likeness (QED) is 0.525. The van der Waals surface area contributed by atoms with Crippen LogP contribution in [0.3, 0.4) is 0 Å². The number of nitrogens with zero attached hydrogens (tertiary/aromatic N) is 2. The van der Waals surface area contributed by atoms with Crippen LogP contribution in [0.25, 0.3) is 11.3 Å². The molecule has 1 heterocycles. The van der Waals surface area contributed by atoms with Crippen LogP contribution >= 0.6 is 0 Å². The molecule has 0 aliphatic rings. The number of nitro groups is 1. The van der Waals surface area contributed by atoms with Crippen molar-refractivity contribution in [3.05, 3.63) is 69.9 Å². The van der Waals surface area contributed by atoms with E-state index in [4.69, 9.17) is 9.26 Å². The number of hydrogen-bond donors (Lipinski definition) is 1. The van der Waals surface area contributed by atoms with E-state index in [0.717, 1.165) is 16.9 Å². The summed E-state index contributed by atoms with van der Waals surface area (Å²) in [4.78, 5) is 22.6. The van der Waals surface area contributed by atoms with E-state index in [1.807, 2.05) is 12.1 Å². The molecule has 0 saturated heterocycles. The van der Waals surface area contributed by atoms with Gasteiger partial charge in [0.1, 0.15) is 5.75 Å². The first-order chi connectivity index (χ1) is 13.0. The minimum absolute atomic E-state index is 0.0121. The zero-order chi connectivity index (χ0) is 19.4. The van der Waals surface area contributed by atoms with Crippen molar-refractivity contribution in [3.8, 4) is 17.1 Å². The number of amides is 1. The Morgan fingerprint density at radius 1 is 1.22 bits per heavy atom. The van der Waals surface area contributed by atoms with Crippen molar-refractivity contribution in [2.24, 2.45) is 0 Å². The fraction of sp³-hybridized carbons (Fsp3) is 0.158. The molecule has 0 radical (unpaired) electrons. The summed E-state index contributed by atoms with van der Waals surface area (Å²) < 4.78 is 10.4. The van der Waals surface area contributed by atoms with E-state index < -0.39 is 4.92 Å². The van der Waals surface area contributed by atoms with Gasteiger partial charge in [-0.05, 0) is 36.8 Å². The van der Waals surface area contributed by atoms with Gasteiger partial charge in [0.25, 0.3) is 5.69 Å². The number of hydrogen-bond acceptors (Lipinski definition) is 6. The molecule has 3 aromatic rings. The second-order valence-electron chi connectivity index (χ2n) is 5.89. The number of nitro benzene ring substituents is 1. The zero-order valence-electron chi connectivity index (χ0n) is 14.8. The molecule has 0 aliphatic heterocycles. The Morgan fingerprint density at radius 3 is 2.63 bits per heavy atom. The maximum absolute atomic E-state index is 12.3. The third-order valence-corrected chi connectivity index (χ3v) is 3.98. The number of non-ortho nitro benzene ring substituents is 1. The average Bonchev–Trinajstić information content (AvgIpc) is 3.11. The molecule has 138 valence electrons. The van der Waals surface area contributed by atoms with Crippen molar-refractivity contribution < 1.29 is 19.0 Å². The van der Waals surface area contributed by atoms with Crippen molar-refractivity contribution in [1.29, 1.82) is 0 Å². The molecule has 1 N–H and O–H groups in total. The summed E-state index contributed by atoms with van der Waals surface area (Å²) in [5.41, 5.74) is 2.31. The van der Waals surface area contributed by atoms with E-state index in [-0.39, 0.29) is 18.0 Å². The van der Waals surface area contributed by atoms with Gasteiger partial charge in [-0.1, -0.05) is 11.2 Å². The summed E-state index contributed by atoms with van der Waals surface area (Å²) in [5, 5.41) is 17.5. The lowest BCUT2D eigenvalue weighted by Gasteiger charge is -2.07. The standard InChI is InChI=1S/C19H17N3O5/c1-12-3-6-15(22(24)25)11-17(12)20-19(23)10-14-9-18(27-21-14)13-4-7-16(26-2)8-5-13/h3-9,11H,10H2,1-2H3,(H,20,23). The first-order valence-corrected chi connectivity index (χ1v) is 8.11. The Bertz CT molecular complexity index is 979. The molecule has 0 aliphatic carbocycles. The van der Waals surface area contributed by atoms with Crippen LogP contribution in [0.5, 0.6) is 5.75 Å². The molecule has 2 aromatic carbocycles. The molecule has 0 spiro atoms. The Labute approximate surface area is 154 Å². The Hall–Kier alpha value is -3.68. The highest BCUT2D eigenvalue weighted by atomic mass is 16.6. The Balaban J connectivity index is 1.69. The average molecular weight is 367 g/mol. The van der Waals surface area contributed by atoms with E-state index in [2.05, 4.69) is 10.5 Å². The van der Waals surface area contributed by atoms with Crippen LogP contribution in [0.15, 0.2) is 53.1 Å². The zero-order valence-corrected chi connectivity index (χ0v) is 14.8. The minimum atomic E-state index is -0.506. The van der Waals surface area contributed by atoms with Gasteiger partial charge >= 0.3 is 0 Å². The molecule has 8 heteroatoms. The minimum Gasteiger partial charge on any atom is -0.497 e. The first-order valence-electron chi connectivity index (χ1n) is 8.11. The summed E-state index contributed by atoms with van der Waals surface area (Å²) in [5.74, 6) is 0.922. The van der Waals surface area contributed by atoms with Gasteiger partial charge in [0, 0.05) is 23.8 Å². The molecule has 1 aromatic heterocycles. The van der Waals surface area contributed by atoms with Gasteiger partial charge in [-0.2, -0.15) is 0 Å². The molecule has 0 fully saturated rings. The third-order valence-electron chi connectivity index (χ3n) is 3.98. The van der Waals surface area contributed by atoms with Crippen LogP contribution < -0.4 is 10.1 Å². The Morgan fingerprint density at radius 2 is 1.96 bits per heavy atom. The lowest BCUT2D eigenvalue weighted by atomic mass is 10.1. The molecular formula is C19H17N3O5. The predicted molar refractivity (Wildman–Crippen MR) is 98.7 cm³/mol. The molecule has 8 nitrogen and oxygen atoms in total. The lowest BCUT2D eigenvalue weighted by Crippen LogP contribution is -2.15. The van der Waals surface area contributed by atoms with Gasteiger partial charge in [-0.3, -0.25) is 14.9 Å². The second kappa shape index (κ2) is 7.69. The number of ether oxygens (including phenoxy) is 1. The number of rotatable bonds is 6. The van der Waals surface area contributed by atoms with Crippen molar-refractivity contribution in [1.82, 2.24) is 5.16 Å². The largest absolute Gasteiger partial charge is 0.497 e. The van der Waals surface area contributed by atoms with Gasteiger partial charge in [0.2, 0.25) is 5.91 Å². The molecule has 27 heavy (non-hydrogen) atoms. The summed E-state index contributed by atoms with van der Waals surface area (Å²) in [6.07, 6.45) is -0.0121. The number of aryl methyl sites for hydroxylation is 1. The molecular weight excluding hydrogens is 350 g/mol. The third kappa shape index (κ3) is 4.30. The summed E-state index contributed by atoms with van der Waals surface area (Å²) in [7, 11) is 1.59. The van der Waals surface area contributed by atoms with Crippen LogP contribution in [0.1, 0.15) is 11.3 Å². The van der Waals surface area contributed by atoms with Crippen LogP contribution in [-0.2, 0) is 11.2 Å². The number of benzene rings is 2. The summed E-state index contributed by atoms with van der Waals surface area (Å²) in [6, 6.07) is 13.3. The van der Waals surface area contributed by atoms with Crippen molar-refractivity contribution in [3.63, 3.8) is 0 Å². The van der Waals surface area contributed by atoms with Crippen molar-refractivity contribution >= 4 is 17.3 Å². The van der Waals surface area contributed by atoms with Crippen molar-refractivity contribution in [2.75, 3.05) is 12.4 Å². The predicted octanol–water partition coefficient (Wildman–Crippen LogP) is 3.75. The van der Waals surface area contributed by atoms with E-state index >= 15 is 0 Å². The van der Waals surface area contributed by atoms with Crippen LogP contribution in [0, 0.1) is 17.0 Å². The Kier molecular flexibility index (Phi) is 5.16. The molecule has 1 amide bonds. The molecule has 0 atom stereocenters. The van der Waals surface area contributed by atoms with Crippen LogP contribution in [-0.4, -0.2) is 23.1 Å². The summed E-state index contributed by atoms with van der Waals surface area (Å²) in [6.45, 7) is 1.76. The fourth-order valence-electron chi connectivity index (χ4n) is 2.50. The SMILES string of the molecule is COc1ccc(-c2cc(CC(=O)Nc3cc([N+](=O)[O-])ccc3C)no2)cc1. The highest BCUT2D eigenvalue weighted by molar-refractivity contribution is 5.93. The number of anilines is 1. The fourth-order valence-corrected chi connectivity index (χ4v) is 2.50. The van der Waals surface area contributed by atoms with E-state index in [0.29, 0.717) is 17.1 Å². The number of nitrogens with one attached hydrogen (secondary N) is 1.